The van der Waals surface area contributed by atoms with Gasteiger partial charge in [0.25, 0.3) is 0 Å². The Hall–Kier alpha value is -2.61. The first-order chi connectivity index (χ1) is 16.2. The molecule has 1 spiro atoms. The number of carboxylic acid groups (broad SMARTS) is 2. The number of alkyl halides is 6. The molecule has 0 aromatic carbocycles. The number of hydrogen-bond donors (Lipinski definition) is 2. The van der Waals surface area contributed by atoms with Gasteiger partial charge in [-0.3, -0.25) is 0 Å². The van der Waals surface area contributed by atoms with Gasteiger partial charge < -0.3 is 24.6 Å². The Balaban J connectivity index is 0.000000257. The molecule has 1 aromatic heterocycles. The molecule has 3 aliphatic rings. The topological polar surface area (TPSA) is 109 Å². The summed E-state index contributed by atoms with van der Waals surface area (Å²) < 4.78 is 75.6. The maximum atomic E-state index is 10.6. The lowest BCUT2D eigenvalue weighted by atomic mass is 9.88. The van der Waals surface area contributed by atoms with E-state index in [2.05, 4.69) is 9.88 Å². The van der Waals surface area contributed by atoms with Crippen molar-refractivity contribution < 1.29 is 55.6 Å². The Kier molecular flexibility index (Phi) is 9.72. The van der Waals surface area contributed by atoms with Crippen molar-refractivity contribution in [3.05, 3.63) is 24.4 Å². The summed E-state index contributed by atoms with van der Waals surface area (Å²) in [6, 6.07) is 5.79. The van der Waals surface area contributed by atoms with E-state index in [1.165, 1.54) is 32.5 Å². The van der Waals surface area contributed by atoms with E-state index in [1.807, 2.05) is 18.2 Å². The summed E-state index contributed by atoms with van der Waals surface area (Å²) in [5, 5.41) is 14.2. The summed E-state index contributed by atoms with van der Waals surface area (Å²) in [5.41, 5.74) is 0.0689. The van der Waals surface area contributed by atoms with Crippen molar-refractivity contribution in [3.8, 4) is 5.88 Å². The number of ether oxygens (including phenoxy) is 2. The average Bonchev–Trinajstić information content (AvgIpc) is 3.50. The minimum absolute atomic E-state index is 0.0689. The standard InChI is InChI=1S/C17H24N2O2.2C2HF3O2/c1-2-8-18-16(3-1)21-15-11-17(20-13-15)6-9-19(10-7-17)12-14-4-5-14;2*3-2(4,5)1(6)7/h1-3,8,14-15H,4-7,9-13H2;2*(H,6,7). The number of nitrogens with zero attached hydrogens (tertiary/aromatic N) is 2. The molecular weight excluding hydrogens is 490 g/mol. The van der Waals surface area contributed by atoms with Gasteiger partial charge in [0.2, 0.25) is 5.88 Å². The number of likely N-dealkylation sites (tertiary alicyclic amines) is 1. The maximum Gasteiger partial charge on any atom is 0.490 e. The zero-order valence-electron chi connectivity index (χ0n) is 18.5. The van der Waals surface area contributed by atoms with Crippen molar-refractivity contribution in [2.24, 2.45) is 5.92 Å². The Bertz CT molecular complexity index is 800. The summed E-state index contributed by atoms with van der Waals surface area (Å²) in [6.45, 7) is 4.39. The quantitative estimate of drug-likeness (QED) is 0.583. The van der Waals surface area contributed by atoms with Gasteiger partial charge in [0.05, 0.1) is 12.2 Å². The van der Waals surface area contributed by atoms with E-state index in [-0.39, 0.29) is 11.7 Å². The minimum atomic E-state index is -5.08. The van der Waals surface area contributed by atoms with Gasteiger partial charge in [0.15, 0.2) is 0 Å². The highest BCUT2D eigenvalue weighted by Gasteiger charge is 2.44. The van der Waals surface area contributed by atoms with E-state index >= 15 is 0 Å². The number of pyridine rings is 1. The van der Waals surface area contributed by atoms with Crippen molar-refractivity contribution in [2.75, 3.05) is 26.2 Å². The highest BCUT2D eigenvalue weighted by molar-refractivity contribution is 5.73. The third kappa shape index (κ3) is 10.3. The summed E-state index contributed by atoms with van der Waals surface area (Å²) in [5.74, 6) is -3.81. The molecule has 2 saturated heterocycles. The van der Waals surface area contributed by atoms with Gasteiger partial charge in [0.1, 0.15) is 6.10 Å². The largest absolute Gasteiger partial charge is 0.490 e. The molecule has 3 heterocycles. The molecule has 0 bridgehead atoms. The molecule has 0 amide bonds. The molecule has 1 aliphatic carbocycles. The number of aliphatic carboxylic acids is 2. The number of rotatable bonds is 4. The van der Waals surface area contributed by atoms with Crippen LogP contribution < -0.4 is 4.74 Å². The molecule has 1 unspecified atom stereocenters. The fourth-order valence-electron chi connectivity index (χ4n) is 3.62. The van der Waals surface area contributed by atoms with E-state index in [0.29, 0.717) is 12.5 Å². The number of aromatic nitrogens is 1. The Morgan fingerprint density at radius 2 is 1.60 bits per heavy atom. The number of carboxylic acids is 2. The van der Waals surface area contributed by atoms with Crippen LogP contribution in [-0.2, 0) is 14.3 Å². The molecular formula is C21H26F6N2O6. The molecule has 198 valence electrons. The van der Waals surface area contributed by atoms with Gasteiger partial charge in [-0.15, -0.1) is 0 Å². The smallest absolute Gasteiger partial charge is 0.475 e. The first-order valence-corrected chi connectivity index (χ1v) is 10.7. The van der Waals surface area contributed by atoms with E-state index < -0.39 is 24.3 Å². The van der Waals surface area contributed by atoms with Crippen LogP contribution in [0.2, 0.25) is 0 Å². The molecule has 4 rings (SSSR count). The van der Waals surface area contributed by atoms with E-state index in [1.54, 1.807) is 6.20 Å². The van der Waals surface area contributed by atoms with Crippen LogP contribution in [0.4, 0.5) is 26.3 Å². The molecule has 14 heteroatoms. The Morgan fingerprint density at radius 1 is 1.06 bits per heavy atom. The fourth-order valence-corrected chi connectivity index (χ4v) is 3.62. The van der Waals surface area contributed by atoms with Crippen LogP contribution in [0.25, 0.3) is 0 Å². The van der Waals surface area contributed by atoms with E-state index in [0.717, 1.165) is 25.2 Å². The molecule has 8 nitrogen and oxygen atoms in total. The van der Waals surface area contributed by atoms with Crippen molar-refractivity contribution in [1.29, 1.82) is 0 Å². The lowest BCUT2D eigenvalue weighted by Crippen LogP contribution is -2.45. The van der Waals surface area contributed by atoms with Crippen LogP contribution in [0.1, 0.15) is 32.1 Å². The first kappa shape index (κ1) is 28.6. The van der Waals surface area contributed by atoms with Crippen molar-refractivity contribution >= 4 is 11.9 Å². The Labute approximate surface area is 196 Å². The molecule has 2 N–H and O–H groups in total. The molecule has 1 atom stereocenters. The number of carbonyl (C=O) groups is 2. The third-order valence-corrected chi connectivity index (χ3v) is 5.57. The number of halogens is 6. The van der Waals surface area contributed by atoms with Gasteiger partial charge in [-0.1, -0.05) is 6.07 Å². The fraction of sp³-hybridized carbons (Fsp3) is 0.667. The van der Waals surface area contributed by atoms with E-state index in [4.69, 9.17) is 29.3 Å². The molecule has 0 radical (unpaired) electrons. The normalized spacial score (nSPS) is 21.8. The summed E-state index contributed by atoms with van der Waals surface area (Å²) in [6.07, 6.45) is -2.02. The predicted molar refractivity (Wildman–Crippen MR) is 108 cm³/mol. The van der Waals surface area contributed by atoms with Crippen LogP contribution in [0.5, 0.6) is 5.88 Å². The zero-order valence-corrected chi connectivity index (χ0v) is 18.5. The SMILES string of the molecule is O=C(O)C(F)(F)F.O=C(O)C(F)(F)F.c1ccc(OC2COC3(CCN(CC4CC4)CC3)C2)nc1. The molecule has 2 aliphatic heterocycles. The summed E-state index contributed by atoms with van der Waals surface area (Å²) in [7, 11) is 0. The van der Waals surface area contributed by atoms with Gasteiger partial charge in [-0.2, -0.15) is 26.3 Å². The summed E-state index contributed by atoms with van der Waals surface area (Å²) >= 11 is 0. The van der Waals surface area contributed by atoms with E-state index in [9.17, 15) is 26.3 Å². The molecule has 3 fully saturated rings. The first-order valence-electron chi connectivity index (χ1n) is 10.7. The van der Waals surface area contributed by atoms with Crippen molar-refractivity contribution in [2.45, 2.75) is 56.2 Å². The van der Waals surface area contributed by atoms with Gasteiger partial charge >= 0.3 is 24.3 Å². The minimum Gasteiger partial charge on any atom is -0.475 e. The van der Waals surface area contributed by atoms with Crippen LogP contribution in [0.3, 0.4) is 0 Å². The molecule has 1 aromatic rings. The number of piperidine rings is 1. The zero-order chi connectivity index (χ0) is 26.3. The lowest BCUT2D eigenvalue weighted by molar-refractivity contribution is -0.193. The summed E-state index contributed by atoms with van der Waals surface area (Å²) in [4.78, 5) is 24.7. The molecule has 1 saturated carbocycles. The second-order valence-corrected chi connectivity index (χ2v) is 8.46. The highest BCUT2D eigenvalue weighted by atomic mass is 19.4. The number of hydrogen-bond acceptors (Lipinski definition) is 6. The predicted octanol–water partition coefficient (Wildman–Crippen LogP) is 3.76. The van der Waals surface area contributed by atoms with Gasteiger partial charge in [-0.05, 0) is 37.7 Å². The van der Waals surface area contributed by atoms with Crippen LogP contribution in [0, 0.1) is 5.92 Å². The van der Waals surface area contributed by atoms with Crippen LogP contribution in [-0.4, -0.2) is 82.3 Å². The molecule has 35 heavy (non-hydrogen) atoms. The van der Waals surface area contributed by atoms with Crippen LogP contribution >= 0.6 is 0 Å². The highest BCUT2D eigenvalue weighted by Crippen LogP contribution is 2.38. The average molecular weight is 516 g/mol. The van der Waals surface area contributed by atoms with Crippen LogP contribution in [0.15, 0.2) is 24.4 Å². The monoisotopic (exact) mass is 516 g/mol. The Morgan fingerprint density at radius 3 is 2.03 bits per heavy atom. The van der Waals surface area contributed by atoms with Gasteiger partial charge in [-0.25, -0.2) is 14.6 Å². The second kappa shape index (κ2) is 11.9. The maximum absolute atomic E-state index is 10.6. The van der Waals surface area contributed by atoms with Crippen molar-refractivity contribution in [1.82, 2.24) is 9.88 Å². The van der Waals surface area contributed by atoms with Crippen molar-refractivity contribution in [3.63, 3.8) is 0 Å². The van der Waals surface area contributed by atoms with Gasteiger partial charge in [0, 0.05) is 38.3 Å². The third-order valence-electron chi connectivity index (χ3n) is 5.57. The second-order valence-electron chi connectivity index (χ2n) is 8.46. The lowest BCUT2D eigenvalue weighted by Gasteiger charge is -2.38.